The van der Waals surface area contributed by atoms with E-state index in [2.05, 4.69) is 10.6 Å². The Morgan fingerprint density at radius 3 is 2.16 bits per heavy atom. The molecule has 5 nitrogen and oxygen atoms in total. The van der Waals surface area contributed by atoms with Gasteiger partial charge in [0.2, 0.25) is 11.8 Å². The zero-order valence-electron chi connectivity index (χ0n) is 15.1. The standard InChI is InChI=1S/C20H25N3O2/c1-13-10-14(2)18(15(3)11-13)23-17(24)12-22-19(25)20(4,21)16-8-6-5-7-9-16/h5-11H,12,21H2,1-4H3,(H,22,25)(H,23,24). The third kappa shape index (κ3) is 4.45. The number of carbonyl (C=O) groups excluding carboxylic acids is 2. The molecule has 2 aromatic carbocycles. The van der Waals surface area contributed by atoms with Crippen molar-refractivity contribution in [1.82, 2.24) is 5.32 Å². The van der Waals surface area contributed by atoms with E-state index in [1.54, 1.807) is 19.1 Å². The average Bonchev–Trinajstić information content (AvgIpc) is 2.56. The molecule has 0 aliphatic carbocycles. The lowest BCUT2D eigenvalue weighted by atomic mass is 9.92. The summed E-state index contributed by atoms with van der Waals surface area (Å²) < 4.78 is 0. The smallest absolute Gasteiger partial charge is 0.244 e. The first-order chi connectivity index (χ1) is 11.7. The fraction of sp³-hybridized carbons (Fsp3) is 0.300. The summed E-state index contributed by atoms with van der Waals surface area (Å²) in [6, 6.07) is 13.1. The average molecular weight is 339 g/mol. The molecule has 1 atom stereocenters. The summed E-state index contributed by atoms with van der Waals surface area (Å²) in [6.45, 7) is 7.40. The molecule has 2 rings (SSSR count). The van der Waals surface area contributed by atoms with E-state index in [1.165, 1.54) is 0 Å². The number of nitrogens with two attached hydrogens (primary N) is 1. The summed E-state index contributed by atoms with van der Waals surface area (Å²) in [4.78, 5) is 24.6. The van der Waals surface area contributed by atoms with Gasteiger partial charge in [-0.15, -0.1) is 0 Å². The Kier molecular flexibility index (Phi) is 5.59. The number of rotatable bonds is 5. The molecule has 4 N–H and O–H groups in total. The van der Waals surface area contributed by atoms with Gasteiger partial charge in [0.1, 0.15) is 5.54 Å². The highest BCUT2D eigenvalue weighted by Gasteiger charge is 2.30. The maximum atomic E-state index is 12.4. The number of hydrogen-bond acceptors (Lipinski definition) is 3. The lowest BCUT2D eigenvalue weighted by Crippen LogP contribution is -2.50. The number of anilines is 1. The number of carbonyl (C=O) groups is 2. The largest absolute Gasteiger partial charge is 0.345 e. The van der Waals surface area contributed by atoms with Gasteiger partial charge in [0.05, 0.1) is 6.54 Å². The van der Waals surface area contributed by atoms with E-state index in [9.17, 15) is 9.59 Å². The van der Waals surface area contributed by atoms with Gasteiger partial charge in [-0.1, -0.05) is 48.0 Å². The minimum Gasteiger partial charge on any atom is -0.345 e. The van der Waals surface area contributed by atoms with Crippen LogP contribution in [0.5, 0.6) is 0 Å². The normalized spacial score (nSPS) is 13.0. The quantitative estimate of drug-likeness (QED) is 0.783. The second-order valence-electron chi connectivity index (χ2n) is 6.57. The fourth-order valence-corrected chi connectivity index (χ4v) is 2.82. The molecule has 2 aromatic rings. The molecular weight excluding hydrogens is 314 g/mol. The van der Waals surface area contributed by atoms with E-state index < -0.39 is 11.4 Å². The summed E-state index contributed by atoms with van der Waals surface area (Å²) in [5.41, 5.74) is 9.54. The Bertz CT molecular complexity index is 760. The van der Waals surface area contributed by atoms with Crippen molar-refractivity contribution in [1.29, 1.82) is 0 Å². The predicted molar refractivity (Wildman–Crippen MR) is 100 cm³/mol. The van der Waals surface area contributed by atoms with E-state index in [1.807, 2.05) is 51.1 Å². The first-order valence-corrected chi connectivity index (χ1v) is 8.22. The fourth-order valence-electron chi connectivity index (χ4n) is 2.82. The monoisotopic (exact) mass is 339 g/mol. The van der Waals surface area contributed by atoms with Gasteiger partial charge >= 0.3 is 0 Å². The second-order valence-corrected chi connectivity index (χ2v) is 6.57. The maximum absolute atomic E-state index is 12.4. The van der Waals surface area contributed by atoms with Crippen LogP contribution in [0.3, 0.4) is 0 Å². The lowest BCUT2D eigenvalue weighted by molar-refractivity contribution is -0.128. The van der Waals surface area contributed by atoms with Crippen LogP contribution in [0.15, 0.2) is 42.5 Å². The first kappa shape index (κ1) is 18.7. The number of hydrogen-bond donors (Lipinski definition) is 3. The van der Waals surface area contributed by atoms with Crippen molar-refractivity contribution >= 4 is 17.5 Å². The van der Waals surface area contributed by atoms with Crippen molar-refractivity contribution in [3.63, 3.8) is 0 Å². The molecule has 0 saturated heterocycles. The van der Waals surface area contributed by atoms with Crippen molar-refractivity contribution in [3.05, 3.63) is 64.7 Å². The van der Waals surface area contributed by atoms with Crippen LogP contribution in [0, 0.1) is 20.8 Å². The summed E-state index contributed by atoms with van der Waals surface area (Å²) in [5.74, 6) is -0.682. The minimum absolute atomic E-state index is 0.134. The van der Waals surface area contributed by atoms with E-state index >= 15 is 0 Å². The van der Waals surface area contributed by atoms with Gasteiger partial charge in [-0.05, 0) is 44.4 Å². The van der Waals surface area contributed by atoms with Crippen LogP contribution in [0.1, 0.15) is 29.2 Å². The Hall–Kier alpha value is -2.66. The molecule has 0 fully saturated rings. The van der Waals surface area contributed by atoms with Crippen molar-refractivity contribution < 1.29 is 9.59 Å². The zero-order valence-corrected chi connectivity index (χ0v) is 15.1. The molecule has 0 bridgehead atoms. The molecule has 0 aliphatic heterocycles. The number of aryl methyl sites for hydroxylation is 3. The van der Waals surface area contributed by atoms with E-state index in [4.69, 9.17) is 5.73 Å². The van der Waals surface area contributed by atoms with E-state index in [-0.39, 0.29) is 12.5 Å². The minimum atomic E-state index is -1.20. The highest BCUT2D eigenvalue weighted by Crippen LogP contribution is 2.22. The van der Waals surface area contributed by atoms with E-state index in [0.717, 1.165) is 22.4 Å². The number of amides is 2. The Morgan fingerprint density at radius 1 is 1.04 bits per heavy atom. The molecule has 0 aliphatic rings. The predicted octanol–water partition coefficient (Wildman–Crippen LogP) is 2.54. The van der Waals surface area contributed by atoms with Crippen molar-refractivity contribution in [2.24, 2.45) is 5.73 Å². The van der Waals surface area contributed by atoms with Gasteiger partial charge in [0.25, 0.3) is 0 Å². The molecule has 0 saturated carbocycles. The van der Waals surface area contributed by atoms with Crippen LogP contribution >= 0.6 is 0 Å². The summed E-state index contributed by atoms with van der Waals surface area (Å²) >= 11 is 0. The van der Waals surface area contributed by atoms with Crippen molar-refractivity contribution in [2.75, 3.05) is 11.9 Å². The Morgan fingerprint density at radius 2 is 1.60 bits per heavy atom. The molecule has 132 valence electrons. The Balaban J connectivity index is 1.99. The molecule has 5 heteroatoms. The topological polar surface area (TPSA) is 84.2 Å². The molecule has 2 amide bonds. The summed E-state index contributed by atoms with van der Waals surface area (Å²) in [5, 5.41) is 5.47. The van der Waals surface area contributed by atoms with Crippen LogP contribution in [0.4, 0.5) is 5.69 Å². The third-order valence-corrected chi connectivity index (χ3v) is 4.20. The highest BCUT2D eigenvalue weighted by atomic mass is 16.2. The second kappa shape index (κ2) is 7.49. The first-order valence-electron chi connectivity index (χ1n) is 8.22. The summed E-state index contributed by atoms with van der Waals surface area (Å²) in [6.07, 6.45) is 0. The van der Waals surface area contributed by atoms with Gasteiger partial charge in [0, 0.05) is 5.69 Å². The van der Waals surface area contributed by atoms with Crippen LogP contribution < -0.4 is 16.4 Å². The molecule has 0 heterocycles. The van der Waals surface area contributed by atoms with Gasteiger partial charge < -0.3 is 16.4 Å². The van der Waals surface area contributed by atoms with Gasteiger partial charge in [-0.2, -0.15) is 0 Å². The summed E-state index contributed by atoms with van der Waals surface area (Å²) in [7, 11) is 0. The van der Waals surface area contributed by atoms with Crippen molar-refractivity contribution in [2.45, 2.75) is 33.2 Å². The number of nitrogens with one attached hydrogen (secondary N) is 2. The molecule has 0 radical (unpaired) electrons. The molecular formula is C20H25N3O2. The van der Waals surface area contributed by atoms with Gasteiger partial charge in [-0.3, -0.25) is 9.59 Å². The number of benzene rings is 2. The maximum Gasteiger partial charge on any atom is 0.244 e. The van der Waals surface area contributed by atoms with Crippen LogP contribution in [-0.4, -0.2) is 18.4 Å². The van der Waals surface area contributed by atoms with Crippen LogP contribution in [0.2, 0.25) is 0 Å². The third-order valence-electron chi connectivity index (χ3n) is 4.20. The van der Waals surface area contributed by atoms with Crippen LogP contribution in [-0.2, 0) is 15.1 Å². The highest BCUT2D eigenvalue weighted by molar-refractivity contribution is 5.97. The molecule has 25 heavy (non-hydrogen) atoms. The molecule has 0 spiro atoms. The SMILES string of the molecule is Cc1cc(C)c(NC(=O)CNC(=O)C(C)(N)c2ccccc2)c(C)c1. The van der Waals surface area contributed by atoms with Crippen molar-refractivity contribution in [3.8, 4) is 0 Å². The Labute approximate surface area is 148 Å². The van der Waals surface area contributed by atoms with E-state index in [0.29, 0.717) is 5.56 Å². The molecule has 1 unspecified atom stereocenters. The van der Waals surface area contributed by atoms with Gasteiger partial charge in [0.15, 0.2) is 0 Å². The lowest BCUT2D eigenvalue weighted by Gasteiger charge is -2.24. The van der Waals surface area contributed by atoms with Gasteiger partial charge in [-0.25, -0.2) is 0 Å². The molecule has 0 aromatic heterocycles. The van der Waals surface area contributed by atoms with Crippen LogP contribution in [0.25, 0.3) is 0 Å². The zero-order chi connectivity index (χ0) is 18.6.